The molecule has 5 nitrogen and oxygen atoms in total. The first-order valence-corrected chi connectivity index (χ1v) is 17.8. The van der Waals surface area contributed by atoms with Crippen LogP contribution in [-0.4, -0.2) is 71.5 Å². The van der Waals surface area contributed by atoms with Crippen molar-refractivity contribution >= 4 is 25.4 Å². The number of hydrogen-bond acceptors (Lipinski definition) is 5. The Labute approximate surface area is 160 Å². The lowest BCUT2D eigenvalue weighted by Gasteiger charge is -2.39. The van der Waals surface area contributed by atoms with Crippen LogP contribution in [0.3, 0.4) is 0 Å². The van der Waals surface area contributed by atoms with Gasteiger partial charge in [0.1, 0.15) is 8.24 Å². The first-order chi connectivity index (χ1) is 11.3. The topological polar surface area (TPSA) is 40.2 Å². The minimum Gasteiger partial charge on any atom is -0.398 e. The van der Waals surface area contributed by atoms with Crippen molar-refractivity contribution in [1.29, 1.82) is 0 Å². The first kappa shape index (κ1) is 25.5. The van der Waals surface area contributed by atoms with Crippen molar-refractivity contribution in [3.05, 3.63) is 0 Å². The van der Waals surface area contributed by atoms with Crippen LogP contribution in [0.4, 0.5) is 0 Å². The monoisotopic (exact) mass is 409 g/mol. The third kappa shape index (κ3) is 9.28. The fourth-order valence-corrected chi connectivity index (χ4v) is 8.78. The van der Waals surface area contributed by atoms with E-state index in [1.54, 1.807) is 28.4 Å². The Hall–Kier alpha value is 0.451. The molecule has 0 aromatic carbocycles. The summed E-state index contributed by atoms with van der Waals surface area (Å²) in [6.45, 7) is 18.4. The molecule has 0 N–H and O–H groups in total. The predicted molar refractivity (Wildman–Crippen MR) is 114 cm³/mol. The molecule has 0 aromatic rings. The zero-order valence-electron chi connectivity index (χ0n) is 18.6. The van der Waals surface area contributed by atoms with Crippen LogP contribution in [0.15, 0.2) is 0 Å². The molecule has 0 rings (SSSR count). The third-order valence-electron chi connectivity index (χ3n) is 5.18. The minimum absolute atomic E-state index is 0.559. The van der Waals surface area contributed by atoms with E-state index in [0.29, 0.717) is 11.8 Å². The van der Waals surface area contributed by atoms with Gasteiger partial charge in [-0.1, -0.05) is 33.5 Å². The molecule has 0 spiro atoms. The summed E-state index contributed by atoms with van der Waals surface area (Å²) in [6, 6.07) is 2.05. The number of hydrogen-bond donors (Lipinski definition) is 0. The van der Waals surface area contributed by atoms with Crippen molar-refractivity contribution in [2.24, 2.45) is 11.8 Å². The second-order valence-corrected chi connectivity index (χ2v) is 20.7. The Balaban J connectivity index is 4.93. The van der Waals surface area contributed by atoms with Crippen LogP contribution in [0.5, 0.6) is 0 Å². The fraction of sp³-hybridized carbons (Fsp3) is 1.00. The van der Waals surface area contributed by atoms with Gasteiger partial charge in [-0.3, -0.25) is 0 Å². The van der Waals surface area contributed by atoms with Gasteiger partial charge in [0.15, 0.2) is 0 Å². The van der Waals surface area contributed by atoms with Gasteiger partial charge in [-0.2, -0.15) is 0 Å². The van der Waals surface area contributed by atoms with Gasteiger partial charge in [-0.25, -0.2) is 0 Å². The molecule has 0 bridgehead atoms. The maximum Gasteiger partial charge on any atom is 0.334 e. The van der Waals surface area contributed by atoms with E-state index in [-0.39, 0.29) is 0 Å². The third-order valence-corrected chi connectivity index (χ3v) is 13.8. The lowest BCUT2D eigenvalue weighted by atomic mass is 10.2. The van der Waals surface area contributed by atoms with E-state index in [2.05, 4.69) is 51.1 Å². The van der Waals surface area contributed by atoms with E-state index < -0.39 is 25.4 Å². The highest BCUT2D eigenvalue weighted by Crippen LogP contribution is 2.25. The highest BCUT2D eigenvalue weighted by molar-refractivity contribution is 6.73. The lowest BCUT2D eigenvalue weighted by Crippen LogP contribution is -2.51. The maximum absolute atomic E-state index is 5.68. The van der Waals surface area contributed by atoms with Crippen LogP contribution in [-0.2, 0) is 17.7 Å². The standard InChI is InChI=1S/C17H43NO4Si3/c1-16(14-24(10,19-3)20-4)12-18(23(7,8)9)13-17(2)15-25(11,21-5)22-6/h16-17H,12-15H2,1-11H3. The van der Waals surface area contributed by atoms with Crippen molar-refractivity contribution in [3.8, 4) is 0 Å². The van der Waals surface area contributed by atoms with E-state index in [4.69, 9.17) is 17.7 Å². The van der Waals surface area contributed by atoms with E-state index >= 15 is 0 Å². The van der Waals surface area contributed by atoms with E-state index in [0.717, 1.165) is 25.2 Å². The fourth-order valence-electron chi connectivity index (χ4n) is 3.27. The van der Waals surface area contributed by atoms with Gasteiger partial charge in [0, 0.05) is 28.4 Å². The molecule has 0 fully saturated rings. The van der Waals surface area contributed by atoms with Gasteiger partial charge >= 0.3 is 17.1 Å². The average molecular weight is 410 g/mol. The summed E-state index contributed by atoms with van der Waals surface area (Å²) in [5.41, 5.74) is 0. The van der Waals surface area contributed by atoms with Crippen molar-refractivity contribution in [2.45, 2.75) is 58.7 Å². The maximum atomic E-state index is 5.68. The normalized spacial score (nSPS) is 16.3. The molecule has 0 saturated carbocycles. The van der Waals surface area contributed by atoms with Crippen molar-refractivity contribution < 1.29 is 17.7 Å². The molecule has 25 heavy (non-hydrogen) atoms. The molecule has 0 amide bonds. The van der Waals surface area contributed by atoms with Crippen LogP contribution in [0.1, 0.15) is 13.8 Å². The van der Waals surface area contributed by atoms with Gasteiger partial charge in [0.25, 0.3) is 0 Å². The summed E-state index contributed by atoms with van der Waals surface area (Å²) in [5.74, 6) is 1.12. The smallest absolute Gasteiger partial charge is 0.334 e. The van der Waals surface area contributed by atoms with Crippen molar-refractivity contribution in [2.75, 3.05) is 41.5 Å². The van der Waals surface area contributed by atoms with Crippen molar-refractivity contribution in [3.63, 3.8) is 0 Å². The highest BCUT2D eigenvalue weighted by Gasteiger charge is 2.36. The second kappa shape index (κ2) is 10.7. The molecule has 2 atom stereocenters. The Kier molecular flexibility index (Phi) is 10.9. The summed E-state index contributed by atoms with van der Waals surface area (Å²) in [7, 11) is 1.67. The molecular weight excluding hydrogens is 366 g/mol. The molecule has 2 unspecified atom stereocenters. The van der Waals surface area contributed by atoms with Gasteiger partial charge in [0.2, 0.25) is 0 Å². The van der Waals surface area contributed by atoms with E-state index in [1.807, 2.05) is 0 Å². The Morgan fingerprint density at radius 3 is 1.12 bits per heavy atom. The Bertz CT molecular complexity index is 343. The zero-order chi connectivity index (χ0) is 19.9. The minimum atomic E-state index is -2.02. The number of nitrogens with zero attached hydrogens (tertiary/aromatic N) is 1. The second-order valence-electron chi connectivity index (χ2n) is 8.78. The van der Waals surface area contributed by atoms with Crippen LogP contribution in [0.2, 0.25) is 44.8 Å². The molecule has 152 valence electrons. The van der Waals surface area contributed by atoms with Crippen LogP contribution in [0.25, 0.3) is 0 Å². The molecule has 0 aliphatic carbocycles. The van der Waals surface area contributed by atoms with E-state index in [9.17, 15) is 0 Å². The molecule has 0 aliphatic heterocycles. The van der Waals surface area contributed by atoms with Gasteiger partial charge in [-0.15, -0.1) is 0 Å². The SMILES string of the molecule is CO[Si](C)(CC(C)CN(CC(C)C[Si](C)(OC)OC)[Si](C)(C)C)OC. The van der Waals surface area contributed by atoms with Gasteiger partial charge < -0.3 is 22.3 Å². The molecule has 0 radical (unpaired) electrons. The number of rotatable bonds is 13. The Morgan fingerprint density at radius 1 is 0.640 bits per heavy atom. The first-order valence-electron chi connectivity index (χ1n) is 9.30. The van der Waals surface area contributed by atoms with E-state index in [1.165, 1.54) is 0 Å². The van der Waals surface area contributed by atoms with Gasteiger partial charge in [0.05, 0.1) is 0 Å². The predicted octanol–water partition coefficient (Wildman–Crippen LogP) is 4.13. The molecule has 0 aliphatic rings. The summed E-state index contributed by atoms with van der Waals surface area (Å²) < 4.78 is 25.5. The highest BCUT2D eigenvalue weighted by atomic mass is 28.4. The molecule has 0 saturated heterocycles. The zero-order valence-corrected chi connectivity index (χ0v) is 21.6. The van der Waals surface area contributed by atoms with Gasteiger partial charge in [-0.05, 0) is 50.1 Å². The quantitative estimate of drug-likeness (QED) is 0.428. The summed E-state index contributed by atoms with van der Waals surface area (Å²) in [5, 5.41) is 0. The summed E-state index contributed by atoms with van der Waals surface area (Å²) >= 11 is 0. The van der Waals surface area contributed by atoms with Crippen LogP contribution >= 0.6 is 0 Å². The average Bonchev–Trinajstić information content (AvgIpc) is 2.52. The molecule has 0 aromatic heterocycles. The summed E-state index contributed by atoms with van der Waals surface area (Å²) in [4.78, 5) is 0. The summed E-state index contributed by atoms with van der Waals surface area (Å²) in [6.07, 6.45) is 0. The molecule has 0 heterocycles. The van der Waals surface area contributed by atoms with Crippen LogP contribution < -0.4 is 0 Å². The largest absolute Gasteiger partial charge is 0.398 e. The van der Waals surface area contributed by atoms with Crippen molar-refractivity contribution in [1.82, 2.24) is 4.57 Å². The molecule has 8 heteroatoms. The lowest BCUT2D eigenvalue weighted by molar-refractivity contribution is 0.229. The Morgan fingerprint density at radius 2 is 0.920 bits per heavy atom. The van der Waals surface area contributed by atoms with Crippen LogP contribution in [0, 0.1) is 11.8 Å². The molecular formula is C17H43NO4Si3.